The molecule has 0 radical (unpaired) electrons. The third kappa shape index (κ3) is 6.39. The molecule has 152 valence electrons. The molecule has 1 unspecified atom stereocenters. The number of aromatic nitrogens is 1. The van der Waals surface area contributed by atoms with Gasteiger partial charge in [0.2, 0.25) is 11.8 Å². The Morgan fingerprint density at radius 1 is 1.11 bits per heavy atom. The highest BCUT2D eigenvalue weighted by molar-refractivity contribution is 6.30. The van der Waals surface area contributed by atoms with E-state index in [9.17, 15) is 9.59 Å². The van der Waals surface area contributed by atoms with Crippen LogP contribution in [0.1, 0.15) is 18.2 Å². The minimum atomic E-state index is -0.694. The zero-order chi connectivity index (χ0) is 20.5. The number of hydrogen-bond donors (Lipinski definition) is 0. The lowest BCUT2D eigenvalue weighted by Gasteiger charge is -2.28. The first-order chi connectivity index (χ1) is 13.4. The number of carbonyl (C=O) groups is 2. The summed E-state index contributed by atoms with van der Waals surface area (Å²) in [5, 5.41) is -0.694. The molecule has 0 spiro atoms. The summed E-state index contributed by atoms with van der Waals surface area (Å²) < 4.78 is 7.06. The van der Waals surface area contributed by atoms with Crippen molar-refractivity contribution in [3.05, 3.63) is 59.9 Å². The maximum atomic E-state index is 13.1. The van der Waals surface area contributed by atoms with Crippen LogP contribution in [0.4, 0.5) is 0 Å². The first-order valence-electron chi connectivity index (χ1n) is 9.26. The number of nitrogens with zero attached hydrogens (tertiary/aromatic N) is 3. The molecule has 2 amide bonds. The van der Waals surface area contributed by atoms with Crippen LogP contribution in [-0.4, -0.2) is 58.4 Å². The first-order valence-corrected chi connectivity index (χ1v) is 9.69. The standard InChI is InChI=1S/C21H28ClN3O3/c1-17(22)21(27)24(12-13-28-3)16-20(26)25(14-18-8-5-4-6-9-18)15-19-10-7-11-23(19)2/h4-11,17H,12-16H2,1-3H3. The molecular weight excluding hydrogens is 378 g/mol. The fourth-order valence-electron chi connectivity index (χ4n) is 2.88. The van der Waals surface area contributed by atoms with Crippen LogP contribution in [0.15, 0.2) is 48.7 Å². The van der Waals surface area contributed by atoms with Crippen molar-refractivity contribution in [2.75, 3.05) is 26.8 Å². The van der Waals surface area contributed by atoms with Gasteiger partial charge in [0.05, 0.1) is 19.7 Å². The van der Waals surface area contributed by atoms with E-state index in [0.717, 1.165) is 11.3 Å². The largest absolute Gasteiger partial charge is 0.383 e. The lowest BCUT2D eigenvalue weighted by atomic mass is 10.2. The number of hydrogen-bond acceptors (Lipinski definition) is 3. The second-order valence-corrected chi connectivity index (χ2v) is 7.37. The van der Waals surface area contributed by atoms with E-state index in [2.05, 4.69) is 0 Å². The molecule has 1 atom stereocenters. The number of ether oxygens (including phenoxy) is 1. The van der Waals surface area contributed by atoms with E-state index in [4.69, 9.17) is 16.3 Å². The molecule has 1 aromatic carbocycles. The van der Waals surface area contributed by atoms with Crippen molar-refractivity contribution < 1.29 is 14.3 Å². The molecule has 7 heteroatoms. The van der Waals surface area contributed by atoms with Gasteiger partial charge in [-0.1, -0.05) is 30.3 Å². The summed E-state index contributed by atoms with van der Waals surface area (Å²) in [5.41, 5.74) is 2.05. The van der Waals surface area contributed by atoms with Gasteiger partial charge in [-0.2, -0.15) is 0 Å². The van der Waals surface area contributed by atoms with Gasteiger partial charge in [0.25, 0.3) is 0 Å². The monoisotopic (exact) mass is 405 g/mol. The van der Waals surface area contributed by atoms with Crippen LogP contribution in [0.3, 0.4) is 0 Å². The Bertz CT molecular complexity index is 761. The number of aryl methyl sites for hydroxylation is 1. The molecule has 0 N–H and O–H groups in total. The lowest BCUT2D eigenvalue weighted by molar-refractivity contribution is -0.141. The average Bonchev–Trinajstić information content (AvgIpc) is 3.09. The Balaban J connectivity index is 2.18. The summed E-state index contributed by atoms with van der Waals surface area (Å²) in [6.45, 7) is 3.17. The molecule has 2 aromatic rings. The minimum Gasteiger partial charge on any atom is -0.383 e. The molecule has 1 heterocycles. The van der Waals surface area contributed by atoms with E-state index in [1.807, 2.05) is 60.3 Å². The van der Waals surface area contributed by atoms with Gasteiger partial charge in [-0.05, 0) is 24.6 Å². The maximum absolute atomic E-state index is 13.1. The predicted molar refractivity (Wildman–Crippen MR) is 110 cm³/mol. The average molecular weight is 406 g/mol. The van der Waals surface area contributed by atoms with Crippen molar-refractivity contribution in [1.82, 2.24) is 14.4 Å². The van der Waals surface area contributed by atoms with Crippen molar-refractivity contribution in [3.8, 4) is 0 Å². The molecule has 28 heavy (non-hydrogen) atoms. The van der Waals surface area contributed by atoms with Gasteiger partial charge < -0.3 is 19.1 Å². The van der Waals surface area contributed by atoms with Gasteiger partial charge in [-0.3, -0.25) is 9.59 Å². The van der Waals surface area contributed by atoms with Crippen molar-refractivity contribution in [3.63, 3.8) is 0 Å². The van der Waals surface area contributed by atoms with Gasteiger partial charge in [0.15, 0.2) is 0 Å². The highest BCUT2D eigenvalue weighted by atomic mass is 35.5. The first kappa shape index (κ1) is 22.0. The number of carbonyl (C=O) groups excluding carboxylic acids is 2. The highest BCUT2D eigenvalue weighted by Gasteiger charge is 2.24. The van der Waals surface area contributed by atoms with Crippen molar-refractivity contribution in [2.24, 2.45) is 7.05 Å². The second kappa shape index (κ2) is 10.9. The molecule has 2 rings (SSSR count). The highest BCUT2D eigenvalue weighted by Crippen LogP contribution is 2.12. The fraction of sp³-hybridized carbons (Fsp3) is 0.429. The third-order valence-electron chi connectivity index (χ3n) is 4.52. The summed E-state index contributed by atoms with van der Waals surface area (Å²) in [6, 6.07) is 13.7. The van der Waals surface area contributed by atoms with Gasteiger partial charge in [-0.25, -0.2) is 0 Å². The van der Waals surface area contributed by atoms with Gasteiger partial charge >= 0.3 is 0 Å². The van der Waals surface area contributed by atoms with Crippen molar-refractivity contribution in [1.29, 1.82) is 0 Å². The summed E-state index contributed by atoms with van der Waals surface area (Å²) in [7, 11) is 3.51. The Labute approximate surface area is 171 Å². The van der Waals surface area contributed by atoms with Crippen molar-refractivity contribution >= 4 is 23.4 Å². The summed E-state index contributed by atoms with van der Waals surface area (Å²) in [5.74, 6) is -0.405. The second-order valence-electron chi connectivity index (χ2n) is 6.71. The Morgan fingerprint density at radius 3 is 2.39 bits per heavy atom. The number of halogens is 1. The molecule has 6 nitrogen and oxygen atoms in total. The van der Waals surface area contributed by atoms with Crippen LogP contribution < -0.4 is 0 Å². The topological polar surface area (TPSA) is 54.8 Å². The SMILES string of the molecule is COCCN(CC(=O)N(Cc1ccccc1)Cc1cccn1C)C(=O)C(C)Cl. The summed E-state index contributed by atoms with van der Waals surface area (Å²) >= 11 is 5.97. The molecule has 0 bridgehead atoms. The fourth-order valence-corrected chi connectivity index (χ4v) is 3.01. The molecule has 0 aliphatic rings. The van der Waals surface area contributed by atoms with E-state index in [1.165, 1.54) is 4.90 Å². The number of rotatable bonds is 10. The molecule has 0 aliphatic heterocycles. The van der Waals surface area contributed by atoms with Crippen LogP contribution in [0.5, 0.6) is 0 Å². The quantitative estimate of drug-likeness (QED) is 0.571. The van der Waals surface area contributed by atoms with Crippen LogP contribution >= 0.6 is 11.6 Å². The smallest absolute Gasteiger partial charge is 0.242 e. The number of methoxy groups -OCH3 is 1. The summed E-state index contributed by atoms with van der Waals surface area (Å²) in [6.07, 6.45) is 1.95. The molecule has 0 saturated carbocycles. The van der Waals surface area contributed by atoms with Crippen LogP contribution in [-0.2, 0) is 34.5 Å². The predicted octanol–water partition coefficient (Wildman–Crippen LogP) is 2.66. The molecule has 1 aromatic heterocycles. The zero-order valence-electron chi connectivity index (χ0n) is 16.7. The molecule has 0 saturated heterocycles. The van der Waals surface area contributed by atoms with Gasteiger partial charge in [-0.15, -0.1) is 11.6 Å². The Hall–Kier alpha value is -2.31. The lowest BCUT2D eigenvalue weighted by Crippen LogP contribution is -2.45. The summed E-state index contributed by atoms with van der Waals surface area (Å²) in [4.78, 5) is 28.7. The maximum Gasteiger partial charge on any atom is 0.242 e. The van der Waals surface area contributed by atoms with E-state index in [0.29, 0.717) is 26.2 Å². The van der Waals surface area contributed by atoms with Crippen molar-refractivity contribution in [2.45, 2.75) is 25.4 Å². The molecule has 0 aliphatic carbocycles. The zero-order valence-corrected chi connectivity index (χ0v) is 17.4. The van der Waals surface area contributed by atoms with Crippen LogP contribution in [0.2, 0.25) is 0 Å². The number of benzene rings is 1. The van der Waals surface area contributed by atoms with E-state index in [-0.39, 0.29) is 18.4 Å². The minimum absolute atomic E-state index is 0.0312. The van der Waals surface area contributed by atoms with Gasteiger partial charge in [0, 0.05) is 39.1 Å². The normalized spacial score (nSPS) is 11.9. The van der Waals surface area contributed by atoms with E-state index < -0.39 is 5.38 Å². The Kier molecular flexibility index (Phi) is 8.54. The van der Waals surface area contributed by atoms with Crippen LogP contribution in [0, 0.1) is 0 Å². The van der Waals surface area contributed by atoms with Gasteiger partial charge in [0.1, 0.15) is 5.38 Å². The van der Waals surface area contributed by atoms with E-state index in [1.54, 1.807) is 18.9 Å². The Morgan fingerprint density at radius 2 is 1.82 bits per heavy atom. The number of amides is 2. The number of alkyl halides is 1. The van der Waals surface area contributed by atoms with Crippen LogP contribution in [0.25, 0.3) is 0 Å². The molecular formula is C21H28ClN3O3. The van der Waals surface area contributed by atoms with E-state index >= 15 is 0 Å². The molecule has 0 fully saturated rings. The third-order valence-corrected chi connectivity index (χ3v) is 4.70.